The molecular formula is C12H21NO4. The van der Waals surface area contributed by atoms with Crippen molar-refractivity contribution in [1.82, 2.24) is 5.32 Å². The third-order valence-corrected chi connectivity index (χ3v) is 3.53. The van der Waals surface area contributed by atoms with Crippen LogP contribution in [-0.2, 0) is 14.3 Å². The Kier molecular flexibility index (Phi) is 4.14. The Morgan fingerprint density at radius 1 is 1.24 bits per heavy atom. The lowest BCUT2D eigenvalue weighted by molar-refractivity contribution is -0.154. The molecule has 0 aromatic rings. The number of methoxy groups -OCH3 is 1. The van der Waals surface area contributed by atoms with Crippen molar-refractivity contribution in [2.45, 2.75) is 57.1 Å². The Bertz CT molecular complexity index is 306. The van der Waals surface area contributed by atoms with Gasteiger partial charge in [-0.3, -0.25) is 4.79 Å². The first kappa shape index (κ1) is 14.0. The minimum absolute atomic E-state index is 0.371. The summed E-state index contributed by atoms with van der Waals surface area (Å²) >= 11 is 0. The van der Waals surface area contributed by atoms with Crippen LogP contribution in [0.25, 0.3) is 0 Å². The second kappa shape index (κ2) is 5.04. The fourth-order valence-electron chi connectivity index (χ4n) is 2.01. The van der Waals surface area contributed by atoms with E-state index in [0.29, 0.717) is 12.8 Å². The van der Waals surface area contributed by atoms with Crippen molar-refractivity contribution < 1.29 is 19.4 Å². The molecule has 5 heteroatoms. The van der Waals surface area contributed by atoms with E-state index in [0.717, 1.165) is 19.3 Å². The van der Waals surface area contributed by atoms with Crippen LogP contribution in [0.3, 0.4) is 0 Å². The van der Waals surface area contributed by atoms with Crippen molar-refractivity contribution in [2.24, 2.45) is 0 Å². The lowest BCUT2D eigenvalue weighted by atomic mass is 9.81. The molecule has 0 aliphatic heterocycles. The zero-order valence-electron chi connectivity index (χ0n) is 10.7. The number of hydrogen-bond acceptors (Lipinski definition) is 3. The first-order valence-electron chi connectivity index (χ1n) is 5.95. The van der Waals surface area contributed by atoms with Crippen LogP contribution < -0.4 is 5.32 Å². The van der Waals surface area contributed by atoms with Crippen molar-refractivity contribution in [3.63, 3.8) is 0 Å². The highest BCUT2D eigenvalue weighted by atomic mass is 16.5. The Balaban J connectivity index is 2.81. The van der Waals surface area contributed by atoms with Gasteiger partial charge in [0.25, 0.3) is 5.91 Å². The Labute approximate surface area is 102 Å². The predicted molar refractivity (Wildman–Crippen MR) is 62.7 cm³/mol. The molecule has 2 N–H and O–H groups in total. The average Bonchev–Trinajstić information content (AvgIpc) is 2.30. The summed E-state index contributed by atoms with van der Waals surface area (Å²) in [5.74, 6) is -1.32. The number of carboxylic acids is 1. The van der Waals surface area contributed by atoms with Gasteiger partial charge in [-0.25, -0.2) is 4.79 Å². The van der Waals surface area contributed by atoms with Crippen molar-refractivity contribution in [2.75, 3.05) is 7.11 Å². The summed E-state index contributed by atoms with van der Waals surface area (Å²) in [5.41, 5.74) is -2.11. The van der Waals surface area contributed by atoms with Crippen LogP contribution in [-0.4, -0.2) is 35.2 Å². The van der Waals surface area contributed by atoms with Gasteiger partial charge in [-0.15, -0.1) is 0 Å². The zero-order valence-corrected chi connectivity index (χ0v) is 10.7. The van der Waals surface area contributed by atoms with Gasteiger partial charge >= 0.3 is 5.97 Å². The molecule has 5 nitrogen and oxygen atoms in total. The summed E-state index contributed by atoms with van der Waals surface area (Å²) in [5, 5.41) is 12.0. The van der Waals surface area contributed by atoms with E-state index in [4.69, 9.17) is 4.74 Å². The number of carboxylic acid groups (broad SMARTS) is 1. The number of ether oxygens (including phenoxy) is 1. The SMILES string of the molecule is COC(C)(C)C(=O)NC1(C(=O)O)CCCCC1. The molecule has 0 aromatic carbocycles. The Morgan fingerprint density at radius 3 is 2.18 bits per heavy atom. The van der Waals surface area contributed by atoms with Crippen LogP contribution in [0, 0.1) is 0 Å². The number of rotatable bonds is 4. The minimum Gasteiger partial charge on any atom is -0.480 e. The maximum Gasteiger partial charge on any atom is 0.329 e. The van der Waals surface area contributed by atoms with E-state index >= 15 is 0 Å². The molecule has 0 aromatic heterocycles. The van der Waals surface area contributed by atoms with Gasteiger partial charge in [-0.05, 0) is 26.7 Å². The molecule has 1 fully saturated rings. The van der Waals surface area contributed by atoms with Crippen LogP contribution in [0.15, 0.2) is 0 Å². The van der Waals surface area contributed by atoms with E-state index in [2.05, 4.69) is 5.32 Å². The molecule has 1 amide bonds. The van der Waals surface area contributed by atoms with Crippen LogP contribution in [0.4, 0.5) is 0 Å². The largest absolute Gasteiger partial charge is 0.480 e. The number of hydrogen-bond donors (Lipinski definition) is 2. The van der Waals surface area contributed by atoms with E-state index < -0.39 is 17.1 Å². The number of aliphatic carboxylic acids is 1. The van der Waals surface area contributed by atoms with Crippen molar-refractivity contribution in [3.8, 4) is 0 Å². The quantitative estimate of drug-likeness (QED) is 0.780. The summed E-state index contributed by atoms with van der Waals surface area (Å²) < 4.78 is 5.06. The number of nitrogens with one attached hydrogen (secondary N) is 1. The van der Waals surface area contributed by atoms with Crippen molar-refractivity contribution >= 4 is 11.9 Å². The highest BCUT2D eigenvalue weighted by Gasteiger charge is 2.43. The van der Waals surface area contributed by atoms with Gasteiger partial charge in [0, 0.05) is 7.11 Å². The van der Waals surface area contributed by atoms with Crippen LogP contribution in [0.5, 0.6) is 0 Å². The fourth-order valence-corrected chi connectivity index (χ4v) is 2.01. The first-order valence-corrected chi connectivity index (χ1v) is 5.95. The number of carbonyl (C=O) groups excluding carboxylic acids is 1. The van der Waals surface area contributed by atoms with E-state index in [1.165, 1.54) is 7.11 Å². The fraction of sp³-hybridized carbons (Fsp3) is 0.833. The molecule has 0 atom stereocenters. The van der Waals surface area contributed by atoms with Gasteiger partial charge in [-0.1, -0.05) is 19.3 Å². The molecule has 0 bridgehead atoms. The van der Waals surface area contributed by atoms with Gasteiger partial charge in [0.1, 0.15) is 11.1 Å². The van der Waals surface area contributed by atoms with Gasteiger partial charge < -0.3 is 15.2 Å². The average molecular weight is 243 g/mol. The van der Waals surface area contributed by atoms with E-state index in [9.17, 15) is 14.7 Å². The normalized spacial score (nSPS) is 19.7. The lowest BCUT2D eigenvalue weighted by Crippen LogP contribution is -2.60. The molecule has 1 aliphatic carbocycles. The predicted octanol–water partition coefficient (Wildman–Crippen LogP) is 1.32. The lowest BCUT2D eigenvalue weighted by Gasteiger charge is -2.36. The van der Waals surface area contributed by atoms with Gasteiger partial charge in [0.2, 0.25) is 0 Å². The molecular weight excluding hydrogens is 222 g/mol. The minimum atomic E-state index is -1.11. The number of amides is 1. The Hall–Kier alpha value is -1.10. The molecule has 0 heterocycles. The van der Waals surface area contributed by atoms with Crippen LogP contribution >= 0.6 is 0 Å². The zero-order chi connectivity index (χ0) is 13.1. The first-order chi connectivity index (χ1) is 7.84. The van der Waals surface area contributed by atoms with Crippen LogP contribution in [0.2, 0.25) is 0 Å². The summed E-state index contributed by atoms with van der Waals surface area (Å²) in [6.07, 6.45) is 3.68. The number of carbonyl (C=O) groups is 2. The molecule has 0 unspecified atom stereocenters. The molecule has 0 radical (unpaired) electrons. The molecule has 98 valence electrons. The van der Waals surface area contributed by atoms with Crippen molar-refractivity contribution in [1.29, 1.82) is 0 Å². The van der Waals surface area contributed by atoms with E-state index in [1.807, 2.05) is 0 Å². The molecule has 1 aliphatic rings. The third-order valence-electron chi connectivity index (χ3n) is 3.53. The monoisotopic (exact) mass is 243 g/mol. The van der Waals surface area contributed by atoms with Gasteiger partial charge in [0.15, 0.2) is 0 Å². The van der Waals surface area contributed by atoms with Gasteiger partial charge in [0.05, 0.1) is 0 Å². The maximum absolute atomic E-state index is 12.0. The second-order valence-corrected chi connectivity index (χ2v) is 5.12. The summed E-state index contributed by atoms with van der Waals surface area (Å²) in [4.78, 5) is 23.3. The molecule has 17 heavy (non-hydrogen) atoms. The van der Waals surface area contributed by atoms with E-state index in [1.54, 1.807) is 13.8 Å². The summed E-state index contributed by atoms with van der Waals surface area (Å²) in [7, 11) is 1.44. The van der Waals surface area contributed by atoms with Gasteiger partial charge in [-0.2, -0.15) is 0 Å². The second-order valence-electron chi connectivity index (χ2n) is 5.12. The molecule has 0 spiro atoms. The highest BCUT2D eigenvalue weighted by Crippen LogP contribution is 2.29. The summed E-state index contributed by atoms with van der Waals surface area (Å²) in [6, 6.07) is 0. The maximum atomic E-state index is 12.0. The smallest absolute Gasteiger partial charge is 0.329 e. The molecule has 0 saturated heterocycles. The third kappa shape index (κ3) is 2.97. The standard InChI is InChI=1S/C12H21NO4/c1-11(2,17-3)9(14)13-12(10(15)16)7-5-4-6-8-12/h4-8H2,1-3H3,(H,13,14)(H,15,16). The molecule has 1 rings (SSSR count). The Morgan fingerprint density at radius 2 is 1.76 bits per heavy atom. The summed E-state index contributed by atoms with van der Waals surface area (Å²) in [6.45, 7) is 3.25. The van der Waals surface area contributed by atoms with Crippen LogP contribution in [0.1, 0.15) is 46.0 Å². The highest BCUT2D eigenvalue weighted by molar-refractivity contribution is 5.91. The van der Waals surface area contributed by atoms with E-state index in [-0.39, 0.29) is 5.91 Å². The molecule has 1 saturated carbocycles. The topological polar surface area (TPSA) is 75.6 Å². The van der Waals surface area contributed by atoms with Crippen molar-refractivity contribution in [3.05, 3.63) is 0 Å².